The second-order valence-electron chi connectivity index (χ2n) is 4.47. The van der Waals surface area contributed by atoms with E-state index in [9.17, 15) is 10.1 Å². The maximum Gasteiger partial charge on any atom is 0.269 e. The lowest BCUT2D eigenvalue weighted by Gasteiger charge is -1.95. The van der Waals surface area contributed by atoms with Crippen molar-refractivity contribution < 1.29 is 9.45 Å². The maximum atomic E-state index is 10.6. The molecule has 0 aliphatic rings. The van der Waals surface area contributed by atoms with Crippen LogP contribution in [0.3, 0.4) is 0 Å². The van der Waals surface area contributed by atoms with Gasteiger partial charge in [0, 0.05) is 23.9 Å². The Balaban J connectivity index is 1.79. The van der Waals surface area contributed by atoms with Crippen molar-refractivity contribution in [2.45, 2.75) is 13.5 Å². The Hall–Kier alpha value is -3.03. The minimum absolute atomic E-state index is 0.0227. The number of aromatic nitrogens is 4. The Morgan fingerprint density at radius 2 is 2.05 bits per heavy atom. The predicted octanol–water partition coefficient (Wildman–Crippen LogP) is 2.20. The van der Waals surface area contributed by atoms with Crippen LogP contribution in [0.5, 0.6) is 0 Å². The quantitative estimate of drug-likeness (QED) is 0.538. The first-order valence-electron chi connectivity index (χ1n) is 6.19. The van der Waals surface area contributed by atoms with Crippen molar-refractivity contribution in [3.05, 3.63) is 58.2 Å². The number of aryl methyl sites for hydroxylation is 1. The number of hydrogen-bond donors (Lipinski definition) is 0. The molecule has 0 N–H and O–H groups in total. The van der Waals surface area contributed by atoms with Crippen LogP contribution >= 0.6 is 0 Å². The number of nitrogens with zero attached hydrogens (tertiary/aromatic N) is 5. The minimum atomic E-state index is -0.453. The van der Waals surface area contributed by atoms with Crippen molar-refractivity contribution in [2.75, 3.05) is 0 Å². The number of hydrogen-bond acceptors (Lipinski definition) is 6. The van der Waals surface area contributed by atoms with Crippen LogP contribution < -0.4 is 0 Å². The molecule has 0 amide bonds. The van der Waals surface area contributed by atoms with Gasteiger partial charge in [-0.25, -0.2) is 0 Å². The summed E-state index contributed by atoms with van der Waals surface area (Å²) in [4.78, 5) is 14.4. The van der Waals surface area contributed by atoms with Gasteiger partial charge in [0.25, 0.3) is 5.69 Å². The smallest absolute Gasteiger partial charge is 0.269 e. The highest BCUT2D eigenvalue weighted by molar-refractivity contribution is 5.56. The van der Waals surface area contributed by atoms with Crippen LogP contribution in [0, 0.1) is 17.0 Å². The molecule has 0 saturated heterocycles. The van der Waals surface area contributed by atoms with Gasteiger partial charge in [-0.05, 0) is 25.1 Å². The number of nitro benzene ring substituents is 1. The van der Waals surface area contributed by atoms with Gasteiger partial charge in [0.1, 0.15) is 6.54 Å². The SMILES string of the molecule is Cc1ccn(Cc2nc(-c3ccc([N+](=O)[O-])cc3)no2)n1. The molecule has 0 atom stereocenters. The summed E-state index contributed by atoms with van der Waals surface area (Å²) in [7, 11) is 0. The van der Waals surface area contributed by atoms with E-state index in [0.717, 1.165) is 5.69 Å². The molecule has 8 heteroatoms. The van der Waals surface area contributed by atoms with Gasteiger partial charge in [-0.2, -0.15) is 10.1 Å². The van der Waals surface area contributed by atoms with E-state index in [1.165, 1.54) is 12.1 Å². The van der Waals surface area contributed by atoms with Crippen LogP contribution in [0.15, 0.2) is 41.1 Å². The van der Waals surface area contributed by atoms with E-state index in [1.54, 1.807) is 16.8 Å². The molecule has 2 aromatic heterocycles. The topological polar surface area (TPSA) is 99.9 Å². The van der Waals surface area contributed by atoms with Crippen molar-refractivity contribution >= 4 is 5.69 Å². The van der Waals surface area contributed by atoms with E-state index in [1.807, 2.05) is 19.2 Å². The van der Waals surface area contributed by atoms with Crippen molar-refractivity contribution in [2.24, 2.45) is 0 Å². The third kappa shape index (κ3) is 2.78. The van der Waals surface area contributed by atoms with E-state index in [0.29, 0.717) is 23.8 Å². The monoisotopic (exact) mass is 285 g/mol. The van der Waals surface area contributed by atoms with Gasteiger partial charge in [0.05, 0.1) is 10.6 Å². The van der Waals surface area contributed by atoms with Gasteiger partial charge in [-0.1, -0.05) is 5.16 Å². The van der Waals surface area contributed by atoms with Gasteiger partial charge in [-0.15, -0.1) is 0 Å². The highest BCUT2D eigenvalue weighted by atomic mass is 16.6. The summed E-state index contributed by atoms with van der Waals surface area (Å²) in [5.41, 5.74) is 1.59. The highest BCUT2D eigenvalue weighted by Crippen LogP contribution is 2.20. The number of rotatable bonds is 4. The molecule has 106 valence electrons. The average molecular weight is 285 g/mol. The van der Waals surface area contributed by atoms with E-state index < -0.39 is 4.92 Å². The fourth-order valence-electron chi connectivity index (χ4n) is 1.86. The van der Waals surface area contributed by atoms with Gasteiger partial charge in [0.15, 0.2) is 0 Å². The molecule has 0 fully saturated rings. The lowest BCUT2D eigenvalue weighted by molar-refractivity contribution is -0.384. The molecule has 0 aliphatic carbocycles. The van der Waals surface area contributed by atoms with Gasteiger partial charge < -0.3 is 4.52 Å². The lowest BCUT2D eigenvalue weighted by atomic mass is 10.2. The Bertz CT molecular complexity index is 775. The standard InChI is InChI=1S/C13H11N5O3/c1-9-6-7-17(15-9)8-12-14-13(16-21-12)10-2-4-11(5-3-10)18(19)20/h2-7H,8H2,1H3. The first-order chi connectivity index (χ1) is 10.1. The van der Waals surface area contributed by atoms with Crippen molar-refractivity contribution in [3.63, 3.8) is 0 Å². The summed E-state index contributed by atoms with van der Waals surface area (Å²) >= 11 is 0. The van der Waals surface area contributed by atoms with E-state index in [-0.39, 0.29) is 5.69 Å². The predicted molar refractivity (Wildman–Crippen MR) is 72.5 cm³/mol. The second kappa shape index (κ2) is 5.16. The average Bonchev–Trinajstić information content (AvgIpc) is 3.09. The van der Waals surface area contributed by atoms with Crippen molar-refractivity contribution in [1.82, 2.24) is 19.9 Å². The number of nitro groups is 1. The number of benzene rings is 1. The van der Waals surface area contributed by atoms with Crippen LogP contribution in [0.2, 0.25) is 0 Å². The highest BCUT2D eigenvalue weighted by Gasteiger charge is 2.11. The molecule has 1 aromatic carbocycles. The van der Waals surface area contributed by atoms with Gasteiger partial charge in [-0.3, -0.25) is 14.8 Å². The lowest BCUT2D eigenvalue weighted by Crippen LogP contribution is -2.00. The summed E-state index contributed by atoms with van der Waals surface area (Å²) in [6.45, 7) is 2.28. The summed E-state index contributed by atoms with van der Waals surface area (Å²) < 4.78 is 6.85. The largest absolute Gasteiger partial charge is 0.337 e. The van der Waals surface area contributed by atoms with E-state index >= 15 is 0 Å². The Kier molecular flexibility index (Phi) is 3.19. The molecule has 2 heterocycles. The second-order valence-corrected chi connectivity index (χ2v) is 4.47. The molecule has 0 saturated carbocycles. The first kappa shape index (κ1) is 13.0. The van der Waals surface area contributed by atoms with E-state index in [4.69, 9.17) is 4.52 Å². The summed E-state index contributed by atoms with van der Waals surface area (Å²) in [5, 5.41) is 18.7. The molecule has 0 bridgehead atoms. The Morgan fingerprint density at radius 3 is 2.67 bits per heavy atom. The van der Waals surface area contributed by atoms with Crippen molar-refractivity contribution in [3.8, 4) is 11.4 Å². The van der Waals surface area contributed by atoms with Crippen LogP contribution in [-0.4, -0.2) is 24.8 Å². The zero-order valence-electron chi connectivity index (χ0n) is 11.1. The molecule has 3 rings (SSSR count). The molecule has 0 radical (unpaired) electrons. The molecule has 21 heavy (non-hydrogen) atoms. The third-order valence-corrected chi connectivity index (χ3v) is 2.88. The van der Waals surface area contributed by atoms with Gasteiger partial charge in [0.2, 0.25) is 11.7 Å². The maximum absolute atomic E-state index is 10.6. The molecule has 0 spiro atoms. The molecule has 8 nitrogen and oxygen atoms in total. The molecular weight excluding hydrogens is 274 g/mol. The van der Waals surface area contributed by atoms with Crippen LogP contribution in [0.4, 0.5) is 5.69 Å². The third-order valence-electron chi connectivity index (χ3n) is 2.88. The van der Waals surface area contributed by atoms with Crippen LogP contribution in [0.1, 0.15) is 11.6 Å². The van der Waals surface area contributed by atoms with Crippen LogP contribution in [0.25, 0.3) is 11.4 Å². The zero-order valence-corrected chi connectivity index (χ0v) is 11.1. The van der Waals surface area contributed by atoms with Gasteiger partial charge >= 0.3 is 0 Å². The molecular formula is C13H11N5O3. The Labute approximate surface area is 119 Å². The summed E-state index contributed by atoms with van der Waals surface area (Å²) in [6.07, 6.45) is 1.82. The normalized spacial score (nSPS) is 10.7. The fraction of sp³-hybridized carbons (Fsp3) is 0.154. The molecule has 3 aromatic rings. The summed E-state index contributed by atoms with van der Waals surface area (Å²) in [6, 6.07) is 7.87. The van der Waals surface area contributed by atoms with Crippen molar-refractivity contribution in [1.29, 1.82) is 0 Å². The Morgan fingerprint density at radius 1 is 1.29 bits per heavy atom. The fourth-order valence-corrected chi connectivity index (χ4v) is 1.86. The minimum Gasteiger partial charge on any atom is -0.337 e. The first-order valence-corrected chi connectivity index (χ1v) is 6.19. The number of non-ortho nitro benzene ring substituents is 1. The van der Waals surface area contributed by atoms with Crippen LogP contribution in [-0.2, 0) is 6.54 Å². The van der Waals surface area contributed by atoms with E-state index in [2.05, 4.69) is 15.2 Å². The summed E-state index contributed by atoms with van der Waals surface area (Å²) in [5.74, 6) is 0.815. The molecule has 0 aliphatic heterocycles. The zero-order chi connectivity index (χ0) is 14.8. The molecule has 0 unspecified atom stereocenters.